The van der Waals surface area contributed by atoms with Gasteiger partial charge in [-0.05, 0) is 44.6 Å². The molecule has 1 rings (SSSR count). The molecule has 0 aromatic rings. The average Bonchev–Trinajstić information content (AvgIpc) is 2.71. The first kappa shape index (κ1) is 26.6. The molecule has 1 aliphatic rings. The van der Waals surface area contributed by atoms with Gasteiger partial charge in [-0.2, -0.15) is 0 Å². The highest BCUT2D eigenvalue weighted by molar-refractivity contribution is 5.88. The largest absolute Gasteiger partial charge is 0.457 e. The maximum Gasteiger partial charge on any atom is 0.309 e. The van der Waals surface area contributed by atoms with Gasteiger partial charge < -0.3 is 14.2 Å². The van der Waals surface area contributed by atoms with Gasteiger partial charge in [0.1, 0.15) is 11.9 Å². The van der Waals surface area contributed by atoms with Gasteiger partial charge in [0.25, 0.3) is 0 Å². The van der Waals surface area contributed by atoms with Gasteiger partial charge in [-0.25, -0.2) is 0 Å². The number of methoxy groups -OCH3 is 2. The molecule has 172 valence electrons. The monoisotopic (exact) mass is 422 g/mol. The highest BCUT2D eigenvalue weighted by atomic mass is 16.5. The van der Waals surface area contributed by atoms with Crippen LogP contribution in [-0.2, 0) is 23.8 Å². The van der Waals surface area contributed by atoms with Gasteiger partial charge in [0, 0.05) is 26.6 Å². The summed E-state index contributed by atoms with van der Waals surface area (Å²) in [6.45, 7) is 11.7. The third-order valence-electron chi connectivity index (χ3n) is 6.60. The first-order valence-electron chi connectivity index (χ1n) is 11.2. The maximum atomic E-state index is 13.4. The third kappa shape index (κ3) is 7.05. The lowest BCUT2D eigenvalue weighted by Gasteiger charge is -2.37. The van der Waals surface area contributed by atoms with E-state index in [0.29, 0.717) is 6.42 Å². The topological polar surface area (TPSA) is 61.8 Å². The number of Topliss-reactive ketones (excluding diaryl/α,β-unsaturated/α-hetero) is 1. The first-order chi connectivity index (χ1) is 14.1. The van der Waals surface area contributed by atoms with Crippen molar-refractivity contribution in [3.8, 4) is 0 Å². The van der Waals surface area contributed by atoms with E-state index in [4.69, 9.17) is 14.2 Å². The SMILES string of the molecule is C/C=C(\C)C1CC=CCCCC(C)C(OC)C(C)C(=O)C(C)(C)C(OC)CC(=O)O1. The Morgan fingerprint density at radius 2 is 1.83 bits per heavy atom. The van der Waals surface area contributed by atoms with E-state index >= 15 is 0 Å². The molecule has 0 amide bonds. The van der Waals surface area contributed by atoms with Crippen LogP contribution in [0.4, 0.5) is 0 Å². The number of carbonyl (C=O) groups is 2. The zero-order chi connectivity index (χ0) is 22.9. The molecule has 0 N–H and O–H groups in total. The fraction of sp³-hybridized carbons (Fsp3) is 0.760. The second kappa shape index (κ2) is 12.4. The minimum absolute atomic E-state index is 0.0341. The Morgan fingerprint density at radius 1 is 1.17 bits per heavy atom. The number of esters is 1. The van der Waals surface area contributed by atoms with Crippen LogP contribution in [0.2, 0.25) is 0 Å². The molecule has 0 saturated heterocycles. The van der Waals surface area contributed by atoms with Gasteiger partial charge in [0.05, 0.1) is 24.0 Å². The molecule has 0 aliphatic carbocycles. The Balaban J connectivity index is 3.22. The number of ketones is 1. The average molecular weight is 423 g/mol. The number of hydrogen-bond acceptors (Lipinski definition) is 5. The predicted molar refractivity (Wildman–Crippen MR) is 120 cm³/mol. The lowest BCUT2D eigenvalue weighted by atomic mass is 9.72. The Labute approximate surface area is 183 Å². The quantitative estimate of drug-likeness (QED) is 0.457. The number of ether oxygens (including phenoxy) is 3. The standard InChI is InChI=1S/C25H42O5/c1-9-17(2)20-15-13-11-10-12-14-18(3)23(29-8)19(4)24(27)25(5,6)21(28-7)16-22(26)30-20/h9,11,13,18-21,23H,10,12,14-16H2,1-8H3/b13-11?,17-9+. The molecule has 1 heterocycles. The van der Waals surface area contributed by atoms with Crippen molar-refractivity contribution in [1.29, 1.82) is 0 Å². The Bertz CT molecular complexity index is 619. The minimum Gasteiger partial charge on any atom is -0.457 e. The summed E-state index contributed by atoms with van der Waals surface area (Å²) in [5.41, 5.74) is 0.176. The zero-order valence-corrected chi connectivity index (χ0v) is 20.2. The van der Waals surface area contributed by atoms with Crippen molar-refractivity contribution in [2.45, 2.75) is 92.0 Å². The van der Waals surface area contributed by atoms with Gasteiger partial charge in [0.2, 0.25) is 0 Å². The minimum atomic E-state index is -0.841. The summed E-state index contributed by atoms with van der Waals surface area (Å²) < 4.78 is 17.2. The normalized spacial score (nSPS) is 32.7. The highest BCUT2D eigenvalue weighted by Gasteiger charge is 2.43. The van der Waals surface area contributed by atoms with Crippen LogP contribution in [0.15, 0.2) is 23.8 Å². The third-order valence-corrected chi connectivity index (χ3v) is 6.60. The Kier molecular flexibility index (Phi) is 11.0. The fourth-order valence-electron chi connectivity index (χ4n) is 4.39. The second-order valence-electron chi connectivity index (χ2n) is 9.13. The molecule has 30 heavy (non-hydrogen) atoms. The summed E-state index contributed by atoms with van der Waals surface area (Å²) in [4.78, 5) is 26.2. The van der Waals surface area contributed by atoms with Crippen molar-refractivity contribution in [2.24, 2.45) is 17.3 Å². The van der Waals surface area contributed by atoms with E-state index < -0.39 is 11.5 Å². The van der Waals surface area contributed by atoms with Gasteiger partial charge in [0.15, 0.2) is 0 Å². The van der Waals surface area contributed by atoms with E-state index in [-0.39, 0.29) is 42.2 Å². The van der Waals surface area contributed by atoms with Crippen LogP contribution in [-0.4, -0.2) is 44.3 Å². The van der Waals surface area contributed by atoms with E-state index in [1.165, 1.54) is 0 Å². The van der Waals surface area contributed by atoms with Gasteiger partial charge in [-0.1, -0.05) is 45.9 Å². The first-order valence-corrected chi connectivity index (χ1v) is 11.2. The molecule has 0 fully saturated rings. The molecule has 0 aromatic heterocycles. The van der Waals surface area contributed by atoms with E-state index in [1.807, 2.05) is 40.7 Å². The molecule has 5 heteroatoms. The summed E-state index contributed by atoms with van der Waals surface area (Å²) in [6.07, 6.45) is 8.84. The summed E-state index contributed by atoms with van der Waals surface area (Å²) >= 11 is 0. The van der Waals surface area contributed by atoms with Crippen molar-refractivity contribution < 1.29 is 23.8 Å². The Hall–Kier alpha value is -1.46. The van der Waals surface area contributed by atoms with Crippen LogP contribution in [0.25, 0.3) is 0 Å². The summed E-state index contributed by atoms with van der Waals surface area (Å²) in [7, 11) is 3.22. The number of rotatable bonds is 3. The highest BCUT2D eigenvalue weighted by Crippen LogP contribution is 2.34. The predicted octanol–water partition coefficient (Wildman–Crippen LogP) is 5.28. The lowest BCUT2D eigenvalue weighted by Crippen LogP contribution is -2.47. The maximum absolute atomic E-state index is 13.4. The summed E-state index contributed by atoms with van der Waals surface area (Å²) in [5, 5.41) is 0. The molecule has 0 spiro atoms. The number of hydrogen-bond donors (Lipinski definition) is 0. The molecule has 5 unspecified atom stereocenters. The van der Waals surface area contributed by atoms with E-state index in [9.17, 15) is 9.59 Å². The molecular formula is C25H42O5. The lowest BCUT2D eigenvalue weighted by molar-refractivity contribution is -0.156. The van der Waals surface area contributed by atoms with Crippen molar-refractivity contribution >= 4 is 11.8 Å². The van der Waals surface area contributed by atoms with Crippen LogP contribution in [0.3, 0.4) is 0 Å². The Morgan fingerprint density at radius 3 is 2.40 bits per heavy atom. The molecule has 0 saturated carbocycles. The van der Waals surface area contributed by atoms with E-state index in [2.05, 4.69) is 19.1 Å². The number of allylic oxidation sites excluding steroid dienone is 2. The van der Waals surface area contributed by atoms with E-state index in [1.54, 1.807) is 14.2 Å². The van der Waals surface area contributed by atoms with Crippen LogP contribution < -0.4 is 0 Å². The van der Waals surface area contributed by atoms with Gasteiger partial charge in [-0.15, -0.1) is 0 Å². The second-order valence-corrected chi connectivity index (χ2v) is 9.13. The van der Waals surface area contributed by atoms with Crippen LogP contribution >= 0.6 is 0 Å². The molecule has 1 aliphatic heterocycles. The van der Waals surface area contributed by atoms with Crippen LogP contribution in [0.5, 0.6) is 0 Å². The molecule has 5 nitrogen and oxygen atoms in total. The molecule has 0 bridgehead atoms. The van der Waals surface area contributed by atoms with Gasteiger partial charge >= 0.3 is 5.97 Å². The molecule has 0 radical (unpaired) electrons. The van der Waals surface area contributed by atoms with E-state index in [0.717, 1.165) is 24.8 Å². The smallest absolute Gasteiger partial charge is 0.309 e. The summed E-state index contributed by atoms with van der Waals surface area (Å²) in [6, 6.07) is 0. The van der Waals surface area contributed by atoms with Crippen molar-refractivity contribution in [3.63, 3.8) is 0 Å². The van der Waals surface area contributed by atoms with Crippen molar-refractivity contribution in [2.75, 3.05) is 14.2 Å². The molecule has 0 aromatic carbocycles. The van der Waals surface area contributed by atoms with Crippen molar-refractivity contribution in [1.82, 2.24) is 0 Å². The number of carbonyl (C=O) groups excluding carboxylic acids is 2. The number of cyclic esters (lactones) is 1. The fourth-order valence-corrected chi connectivity index (χ4v) is 4.39. The van der Waals surface area contributed by atoms with Crippen molar-refractivity contribution in [3.05, 3.63) is 23.8 Å². The van der Waals surface area contributed by atoms with Crippen LogP contribution in [0, 0.1) is 17.3 Å². The van der Waals surface area contributed by atoms with Crippen LogP contribution in [0.1, 0.15) is 73.6 Å². The summed E-state index contributed by atoms with van der Waals surface area (Å²) in [5.74, 6) is -0.335. The molecular weight excluding hydrogens is 380 g/mol. The molecule has 5 atom stereocenters. The van der Waals surface area contributed by atoms with Gasteiger partial charge in [-0.3, -0.25) is 9.59 Å². The zero-order valence-electron chi connectivity index (χ0n) is 20.2.